The second-order valence-electron chi connectivity index (χ2n) is 6.78. The molecule has 31 heavy (non-hydrogen) atoms. The molecule has 0 atom stereocenters. The smallest absolute Gasteiger partial charge is 0.283 e. The number of carbonyl (C=O) groups is 1. The number of amides is 1. The number of aryl methyl sites for hydroxylation is 1. The van der Waals surface area contributed by atoms with Crippen molar-refractivity contribution in [2.75, 3.05) is 7.11 Å². The van der Waals surface area contributed by atoms with Crippen LogP contribution in [0.25, 0.3) is 15.9 Å². The molecular weight excluding hydrogens is 455 g/mol. The van der Waals surface area contributed by atoms with Gasteiger partial charge < -0.3 is 9.30 Å². The van der Waals surface area contributed by atoms with Crippen LogP contribution in [0.5, 0.6) is 0 Å². The van der Waals surface area contributed by atoms with Crippen LogP contribution in [0.2, 0.25) is 10.0 Å². The van der Waals surface area contributed by atoms with Gasteiger partial charge in [-0.25, -0.2) is 10.4 Å². The van der Waals surface area contributed by atoms with Gasteiger partial charge in [0.05, 0.1) is 28.6 Å². The Balaban J connectivity index is 1.73. The second kappa shape index (κ2) is 9.20. The van der Waals surface area contributed by atoms with Gasteiger partial charge in [-0.3, -0.25) is 4.79 Å². The van der Waals surface area contributed by atoms with E-state index in [-0.39, 0.29) is 5.91 Å². The summed E-state index contributed by atoms with van der Waals surface area (Å²) in [5.41, 5.74) is 5.92. The molecule has 4 aromatic rings. The number of halogens is 2. The highest BCUT2D eigenvalue weighted by atomic mass is 35.5. The van der Waals surface area contributed by atoms with Crippen LogP contribution < -0.4 is 5.43 Å². The number of thiophene rings is 1. The topological polar surface area (TPSA) is 68.5 Å². The zero-order valence-corrected chi connectivity index (χ0v) is 19.1. The lowest BCUT2D eigenvalue weighted by molar-refractivity contribution is 0.0959. The van der Waals surface area contributed by atoms with Crippen molar-refractivity contribution in [3.05, 3.63) is 80.5 Å². The lowest BCUT2D eigenvalue weighted by Gasteiger charge is -2.09. The van der Waals surface area contributed by atoms with Crippen LogP contribution in [-0.2, 0) is 11.3 Å². The first-order chi connectivity index (χ1) is 15.0. The number of rotatable bonds is 6. The molecular formula is C22H18Cl2N4O2S. The summed E-state index contributed by atoms with van der Waals surface area (Å²) in [5.74, 6) is -0.330. The number of hydrogen-bond acceptors (Lipinski definition) is 5. The number of nitrogens with zero attached hydrogens (tertiary/aromatic N) is 3. The summed E-state index contributed by atoms with van der Waals surface area (Å²) in [6.45, 7) is 2.34. The van der Waals surface area contributed by atoms with Crippen LogP contribution in [0.15, 0.2) is 53.9 Å². The Hall–Kier alpha value is -2.71. The second-order valence-corrected chi connectivity index (χ2v) is 8.59. The van der Waals surface area contributed by atoms with Gasteiger partial charge in [0.25, 0.3) is 5.91 Å². The summed E-state index contributed by atoms with van der Waals surface area (Å²) < 4.78 is 7.30. The fraction of sp³-hybridized carbons (Fsp3) is 0.136. The van der Waals surface area contributed by atoms with Crippen molar-refractivity contribution in [3.63, 3.8) is 0 Å². The molecule has 0 saturated heterocycles. The fourth-order valence-corrected chi connectivity index (χ4v) is 4.72. The number of hydrogen-bond donors (Lipinski definition) is 1. The number of aromatic nitrogens is 2. The van der Waals surface area contributed by atoms with Crippen LogP contribution in [-0.4, -0.2) is 28.8 Å². The molecule has 0 fully saturated rings. The van der Waals surface area contributed by atoms with E-state index in [2.05, 4.69) is 15.5 Å². The zero-order chi connectivity index (χ0) is 22.0. The Morgan fingerprint density at radius 3 is 2.74 bits per heavy atom. The maximum atomic E-state index is 13.1. The summed E-state index contributed by atoms with van der Waals surface area (Å²) in [7, 11) is 1.65. The standard InChI is InChI=1S/C22H18Cl2N4O2S/c1-13-9-15(12-30-2)18-19(28-7-3-4-8-28)20(31-22(18)26-13)21(29)27-25-11-14-5-6-16(23)17(24)10-14/h3-11H,12H2,1-2H3,(H,27,29). The van der Waals surface area contributed by atoms with Crippen LogP contribution in [0.4, 0.5) is 0 Å². The van der Waals surface area contributed by atoms with Gasteiger partial charge >= 0.3 is 0 Å². The lowest BCUT2D eigenvalue weighted by atomic mass is 10.1. The minimum absolute atomic E-state index is 0.330. The molecule has 0 unspecified atom stereocenters. The number of methoxy groups -OCH3 is 1. The van der Waals surface area contributed by atoms with Crippen molar-refractivity contribution in [1.29, 1.82) is 0 Å². The Bertz CT molecular complexity index is 1280. The van der Waals surface area contributed by atoms with Crippen LogP contribution in [0.3, 0.4) is 0 Å². The summed E-state index contributed by atoms with van der Waals surface area (Å²) in [6, 6.07) is 10.9. The summed E-state index contributed by atoms with van der Waals surface area (Å²) >= 11 is 13.3. The SMILES string of the molecule is COCc1cc(C)nc2sc(C(=O)NN=Cc3ccc(Cl)c(Cl)c3)c(-n3cccc3)c12. The average molecular weight is 473 g/mol. The Kier molecular flexibility index (Phi) is 6.38. The number of ether oxygens (including phenoxy) is 1. The maximum Gasteiger partial charge on any atom is 0.283 e. The lowest BCUT2D eigenvalue weighted by Crippen LogP contribution is -2.18. The van der Waals surface area contributed by atoms with E-state index in [1.54, 1.807) is 25.3 Å². The van der Waals surface area contributed by atoms with E-state index in [0.717, 1.165) is 32.7 Å². The van der Waals surface area contributed by atoms with Crippen molar-refractivity contribution in [2.45, 2.75) is 13.5 Å². The predicted molar refractivity (Wildman–Crippen MR) is 126 cm³/mol. The first-order valence-electron chi connectivity index (χ1n) is 9.31. The van der Waals surface area contributed by atoms with E-state index in [1.165, 1.54) is 17.6 Å². The van der Waals surface area contributed by atoms with E-state index >= 15 is 0 Å². The van der Waals surface area contributed by atoms with Gasteiger partial charge in [0.2, 0.25) is 0 Å². The van der Waals surface area contributed by atoms with Gasteiger partial charge in [-0.1, -0.05) is 29.3 Å². The van der Waals surface area contributed by atoms with Crippen LogP contribution in [0.1, 0.15) is 26.5 Å². The maximum absolute atomic E-state index is 13.1. The van der Waals surface area contributed by atoms with Gasteiger partial charge in [0.15, 0.2) is 0 Å². The first kappa shape index (κ1) is 21.5. The molecule has 4 rings (SSSR count). The van der Waals surface area contributed by atoms with Crippen molar-refractivity contribution >= 4 is 56.9 Å². The third kappa shape index (κ3) is 4.50. The van der Waals surface area contributed by atoms with Gasteiger partial charge in [-0.15, -0.1) is 11.3 Å². The minimum atomic E-state index is -0.330. The monoisotopic (exact) mass is 472 g/mol. The summed E-state index contributed by atoms with van der Waals surface area (Å²) in [4.78, 5) is 19.0. The number of nitrogens with one attached hydrogen (secondary N) is 1. The molecule has 0 saturated carbocycles. The zero-order valence-electron chi connectivity index (χ0n) is 16.7. The molecule has 1 aromatic carbocycles. The molecule has 0 aliphatic rings. The molecule has 9 heteroatoms. The van der Waals surface area contributed by atoms with E-state index in [4.69, 9.17) is 27.9 Å². The molecule has 6 nitrogen and oxygen atoms in total. The molecule has 0 aliphatic heterocycles. The third-order valence-electron chi connectivity index (χ3n) is 4.54. The highest BCUT2D eigenvalue weighted by Gasteiger charge is 2.23. The van der Waals surface area contributed by atoms with Gasteiger partial charge in [0, 0.05) is 30.6 Å². The van der Waals surface area contributed by atoms with Crippen LogP contribution in [0, 0.1) is 6.92 Å². The van der Waals surface area contributed by atoms with E-state index < -0.39 is 0 Å². The molecule has 0 radical (unpaired) electrons. The van der Waals surface area contributed by atoms with Crippen molar-refractivity contribution in [3.8, 4) is 5.69 Å². The number of carbonyl (C=O) groups excluding carboxylic acids is 1. The molecule has 3 aromatic heterocycles. The number of hydrazone groups is 1. The van der Waals surface area contributed by atoms with E-state index in [1.807, 2.05) is 42.1 Å². The van der Waals surface area contributed by atoms with E-state index in [0.29, 0.717) is 21.5 Å². The molecule has 0 aliphatic carbocycles. The Morgan fingerprint density at radius 1 is 1.26 bits per heavy atom. The highest BCUT2D eigenvalue weighted by molar-refractivity contribution is 7.21. The third-order valence-corrected chi connectivity index (χ3v) is 6.35. The van der Waals surface area contributed by atoms with Gasteiger partial charge in [-0.05, 0) is 48.4 Å². The summed E-state index contributed by atoms with van der Waals surface area (Å²) in [5, 5.41) is 5.86. The molecule has 1 N–H and O–H groups in total. The first-order valence-corrected chi connectivity index (χ1v) is 10.9. The molecule has 0 bridgehead atoms. The largest absolute Gasteiger partial charge is 0.380 e. The Morgan fingerprint density at radius 2 is 2.03 bits per heavy atom. The number of pyridine rings is 1. The van der Waals surface area contributed by atoms with Crippen molar-refractivity contribution in [1.82, 2.24) is 15.0 Å². The minimum Gasteiger partial charge on any atom is -0.380 e. The quantitative estimate of drug-likeness (QED) is 0.292. The molecule has 1 amide bonds. The Labute approximate surface area is 193 Å². The van der Waals surface area contributed by atoms with Gasteiger partial charge in [-0.2, -0.15) is 5.10 Å². The van der Waals surface area contributed by atoms with Crippen molar-refractivity contribution in [2.24, 2.45) is 5.10 Å². The average Bonchev–Trinajstić information content (AvgIpc) is 3.38. The normalized spacial score (nSPS) is 11.5. The fourth-order valence-electron chi connectivity index (χ4n) is 3.26. The predicted octanol–water partition coefficient (Wildman–Crippen LogP) is 5.61. The number of fused-ring (bicyclic) bond motifs is 1. The molecule has 3 heterocycles. The number of benzene rings is 1. The van der Waals surface area contributed by atoms with Crippen LogP contribution >= 0.6 is 34.5 Å². The van der Waals surface area contributed by atoms with Crippen molar-refractivity contribution < 1.29 is 9.53 Å². The summed E-state index contributed by atoms with van der Waals surface area (Å²) in [6.07, 6.45) is 5.31. The molecule has 0 spiro atoms. The highest BCUT2D eigenvalue weighted by Crippen LogP contribution is 2.36. The molecule has 158 valence electrons. The van der Waals surface area contributed by atoms with E-state index in [9.17, 15) is 4.79 Å². The van der Waals surface area contributed by atoms with Gasteiger partial charge in [0.1, 0.15) is 9.71 Å².